The van der Waals surface area contributed by atoms with Crippen LogP contribution in [-0.4, -0.2) is 24.5 Å². The summed E-state index contributed by atoms with van der Waals surface area (Å²) in [6.07, 6.45) is 7.84. The fraction of sp³-hybridized carbons (Fsp3) is 0.300. The van der Waals surface area contributed by atoms with Crippen molar-refractivity contribution < 1.29 is 4.39 Å². The third-order valence-corrected chi connectivity index (χ3v) is 5.37. The molecule has 4 aromatic rings. The topological polar surface area (TPSA) is 76.5 Å². The van der Waals surface area contributed by atoms with Crippen LogP contribution in [-0.2, 0) is 6.54 Å². The molecular formula is C20H18FN5O. The van der Waals surface area contributed by atoms with Gasteiger partial charge in [-0.05, 0) is 24.5 Å². The molecule has 27 heavy (non-hydrogen) atoms. The molecule has 1 aliphatic rings. The number of H-pyrrole nitrogens is 1. The Morgan fingerprint density at radius 1 is 1.19 bits per heavy atom. The molecule has 6 nitrogen and oxygen atoms in total. The van der Waals surface area contributed by atoms with Crippen molar-refractivity contribution in [3.05, 3.63) is 64.2 Å². The molecule has 1 saturated carbocycles. The molecule has 7 heteroatoms. The Balaban J connectivity index is 1.71. The third-order valence-electron chi connectivity index (χ3n) is 5.37. The fourth-order valence-corrected chi connectivity index (χ4v) is 4.14. The van der Waals surface area contributed by atoms with Gasteiger partial charge in [0.05, 0.1) is 12.1 Å². The van der Waals surface area contributed by atoms with Gasteiger partial charge in [0.2, 0.25) is 5.56 Å². The Hall–Kier alpha value is -3.09. The number of hydrogen-bond acceptors (Lipinski definition) is 4. The van der Waals surface area contributed by atoms with E-state index in [9.17, 15) is 9.18 Å². The Labute approximate surface area is 154 Å². The smallest absolute Gasteiger partial charge is 0.248 e. The minimum absolute atomic E-state index is 0.234. The van der Waals surface area contributed by atoms with Gasteiger partial charge in [0.1, 0.15) is 11.6 Å². The quantitative estimate of drug-likeness (QED) is 0.604. The number of nitrogens with zero attached hydrogens (tertiary/aromatic N) is 4. The first-order chi connectivity index (χ1) is 13.2. The standard InChI is InChI=1S/C20H18FN5O/c21-15-7-3-6-14-13(10-16(27)24-17(14)15)11-26-19(12-4-1-2-5-12)25-18-20(26)23-9-8-22-18/h3,6-10,12H,1-2,4-5,11H2,(H,24,27). The van der Waals surface area contributed by atoms with Crippen molar-refractivity contribution in [1.82, 2.24) is 24.5 Å². The van der Waals surface area contributed by atoms with Gasteiger partial charge in [-0.3, -0.25) is 4.79 Å². The third kappa shape index (κ3) is 2.70. The summed E-state index contributed by atoms with van der Waals surface area (Å²) in [6.45, 7) is 0.408. The van der Waals surface area contributed by atoms with Gasteiger partial charge in [0, 0.05) is 29.8 Å². The normalized spacial score (nSPS) is 15.1. The first kappa shape index (κ1) is 16.1. The van der Waals surface area contributed by atoms with Gasteiger partial charge in [0.25, 0.3) is 0 Å². The number of halogens is 1. The van der Waals surface area contributed by atoms with Gasteiger partial charge in [-0.1, -0.05) is 25.0 Å². The number of rotatable bonds is 3. The maximum Gasteiger partial charge on any atom is 0.248 e. The molecule has 3 heterocycles. The molecule has 0 spiro atoms. The van der Waals surface area contributed by atoms with Gasteiger partial charge in [0.15, 0.2) is 11.3 Å². The van der Waals surface area contributed by atoms with Crippen molar-refractivity contribution in [2.45, 2.75) is 38.1 Å². The highest BCUT2D eigenvalue weighted by Crippen LogP contribution is 2.35. The fourth-order valence-electron chi connectivity index (χ4n) is 4.14. The molecule has 0 aliphatic heterocycles. The molecule has 1 aromatic carbocycles. The molecule has 3 aromatic heterocycles. The number of imidazole rings is 1. The number of aromatic nitrogens is 5. The minimum Gasteiger partial charge on any atom is -0.319 e. The van der Waals surface area contributed by atoms with Crippen LogP contribution >= 0.6 is 0 Å². The molecule has 5 rings (SSSR count). The van der Waals surface area contributed by atoms with Crippen LogP contribution in [0.1, 0.15) is 43.0 Å². The summed E-state index contributed by atoms with van der Waals surface area (Å²) in [6, 6.07) is 6.36. The molecule has 136 valence electrons. The van der Waals surface area contributed by atoms with E-state index in [0.717, 1.165) is 24.2 Å². The van der Waals surface area contributed by atoms with Crippen molar-refractivity contribution >= 4 is 22.2 Å². The predicted octanol–water partition coefficient (Wildman–Crippen LogP) is 3.51. The molecular weight excluding hydrogens is 345 g/mol. The number of aromatic amines is 1. The van der Waals surface area contributed by atoms with Crippen LogP contribution in [0.2, 0.25) is 0 Å². The van der Waals surface area contributed by atoms with Crippen molar-refractivity contribution in [3.63, 3.8) is 0 Å². The van der Waals surface area contributed by atoms with Crippen LogP contribution in [0.5, 0.6) is 0 Å². The highest BCUT2D eigenvalue weighted by atomic mass is 19.1. The Kier molecular flexibility index (Phi) is 3.74. The van der Waals surface area contributed by atoms with Gasteiger partial charge >= 0.3 is 0 Å². The second-order valence-corrected chi connectivity index (χ2v) is 7.06. The van der Waals surface area contributed by atoms with Crippen molar-refractivity contribution in [3.8, 4) is 0 Å². The summed E-state index contributed by atoms with van der Waals surface area (Å²) < 4.78 is 16.2. The maximum atomic E-state index is 14.2. The molecule has 0 bridgehead atoms. The number of pyridine rings is 1. The molecule has 0 atom stereocenters. The van der Waals surface area contributed by atoms with Crippen LogP contribution in [0.4, 0.5) is 4.39 Å². The van der Waals surface area contributed by atoms with Crippen LogP contribution in [0.25, 0.3) is 22.2 Å². The Morgan fingerprint density at radius 2 is 2.00 bits per heavy atom. The number of benzene rings is 1. The second kappa shape index (κ2) is 6.26. The Bertz CT molecular complexity index is 1210. The lowest BCUT2D eigenvalue weighted by Crippen LogP contribution is -2.13. The number of fused-ring (bicyclic) bond motifs is 2. The van der Waals surface area contributed by atoms with Crippen LogP contribution in [0, 0.1) is 5.82 Å². The largest absolute Gasteiger partial charge is 0.319 e. The van der Waals surface area contributed by atoms with Gasteiger partial charge in [-0.25, -0.2) is 19.3 Å². The van der Waals surface area contributed by atoms with Crippen molar-refractivity contribution in [1.29, 1.82) is 0 Å². The first-order valence-corrected chi connectivity index (χ1v) is 9.18. The van der Waals surface area contributed by atoms with E-state index in [4.69, 9.17) is 4.98 Å². The number of nitrogens with one attached hydrogen (secondary N) is 1. The minimum atomic E-state index is -0.433. The SMILES string of the molecule is O=c1cc(Cn2c(C3CCCC3)nc3nccnc32)c2cccc(F)c2[nH]1. The summed E-state index contributed by atoms with van der Waals surface area (Å²) in [5.41, 5.74) is 1.97. The van der Waals surface area contributed by atoms with E-state index in [1.165, 1.54) is 25.0 Å². The number of para-hydroxylation sites is 1. The summed E-state index contributed by atoms with van der Waals surface area (Å²) in [7, 11) is 0. The lowest BCUT2D eigenvalue weighted by Gasteiger charge is -2.14. The monoisotopic (exact) mass is 363 g/mol. The second-order valence-electron chi connectivity index (χ2n) is 7.06. The van der Waals surface area contributed by atoms with Crippen molar-refractivity contribution in [2.75, 3.05) is 0 Å². The van der Waals surface area contributed by atoms with E-state index >= 15 is 0 Å². The first-order valence-electron chi connectivity index (χ1n) is 9.18. The zero-order chi connectivity index (χ0) is 18.4. The van der Waals surface area contributed by atoms with Crippen molar-refractivity contribution in [2.24, 2.45) is 0 Å². The van der Waals surface area contributed by atoms with Gasteiger partial charge < -0.3 is 9.55 Å². The summed E-state index contributed by atoms with van der Waals surface area (Å²) in [5.74, 6) is 0.891. The van der Waals surface area contributed by atoms with Gasteiger partial charge in [-0.2, -0.15) is 0 Å². The van der Waals surface area contributed by atoms with Crippen LogP contribution in [0.15, 0.2) is 41.5 Å². The summed E-state index contributed by atoms with van der Waals surface area (Å²) in [4.78, 5) is 28.3. The average Bonchev–Trinajstić information content (AvgIpc) is 3.31. The zero-order valence-electron chi connectivity index (χ0n) is 14.7. The highest BCUT2D eigenvalue weighted by Gasteiger charge is 2.25. The van der Waals surface area contributed by atoms with E-state index in [-0.39, 0.29) is 11.1 Å². The highest BCUT2D eigenvalue weighted by molar-refractivity contribution is 5.82. The van der Waals surface area contributed by atoms with E-state index in [2.05, 4.69) is 15.0 Å². The average molecular weight is 363 g/mol. The van der Waals surface area contributed by atoms with E-state index < -0.39 is 5.82 Å². The zero-order valence-corrected chi connectivity index (χ0v) is 14.7. The molecule has 0 amide bonds. The molecule has 1 aliphatic carbocycles. The summed E-state index contributed by atoms with van der Waals surface area (Å²) >= 11 is 0. The predicted molar refractivity (Wildman–Crippen MR) is 100 cm³/mol. The molecule has 0 saturated heterocycles. The van der Waals surface area contributed by atoms with Gasteiger partial charge in [-0.15, -0.1) is 0 Å². The van der Waals surface area contributed by atoms with E-state index in [0.29, 0.717) is 29.1 Å². The van der Waals surface area contributed by atoms with Crippen LogP contribution in [0.3, 0.4) is 0 Å². The molecule has 1 N–H and O–H groups in total. The maximum absolute atomic E-state index is 14.2. The summed E-state index contributed by atoms with van der Waals surface area (Å²) in [5, 5.41) is 0.692. The lowest BCUT2D eigenvalue weighted by molar-refractivity contribution is 0.616. The number of hydrogen-bond donors (Lipinski definition) is 1. The lowest BCUT2D eigenvalue weighted by atomic mass is 10.1. The molecule has 0 radical (unpaired) electrons. The van der Waals surface area contributed by atoms with Crippen LogP contribution < -0.4 is 5.56 Å². The molecule has 0 unspecified atom stereocenters. The van der Waals surface area contributed by atoms with E-state index in [1.54, 1.807) is 18.5 Å². The molecule has 1 fully saturated rings. The Morgan fingerprint density at radius 3 is 2.85 bits per heavy atom. The van der Waals surface area contributed by atoms with E-state index in [1.807, 2.05) is 10.6 Å².